The zero-order chi connectivity index (χ0) is 12.1. The number of halogens is 2. The molecule has 1 nitrogen and oxygen atoms in total. The third-order valence-corrected chi connectivity index (χ3v) is 3.14. The van der Waals surface area contributed by atoms with Crippen LogP contribution < -0.4 is 5.32 Å². The Balaban J connectivity index is 1.79. The maximum Gasteiger partial charge on any atom is 0.130 e. The lowest BCUT2D eigenvalue weighted by Gasteiger charge is -2.18. The molecule has 0 saturated heterocycles. The summed E-state index contributed by atoms with van der Waals surface area (Å²) in [5.41, 5.74) is 0.526. The van der Waals surface area contributed by atoms with Gasteiger partial charge < -0.3 is 5.32 Å². The van der Waals surface area contributed by atoms with Gasteiger partial charge in [-0.15, -0.1) is 0 Å². The van der Waals surface area contributed by atoms with E-state index in [1.807, 2.05) is 0 Å². The van der Waals surface area contributed by atoms with Gasteiger partial charge in [-0.05, 0) is 37.8 Å². The van der Waals surface area contributed by atoms with E-state index in [0.29, 0.717) is 18.0 Å². The van der Waals surface area contributed by atoms with E-state index in [9.17, 15) is 8.78 Å². The second-order valence-electron chi connectivity index (χ2n) is 4.52. The molecule has 3 heteroatoms. The van der Waals surface area contributed by atoms with Crippen LogP contribution in [0.1, 0.15) is 24.8 Å². The monoisotopic (exact) mass is 237 g/mol. The van der Waals surface area contributed by atoms with Crippen molar-refractivity contribution in [1.82, 2.24) is 5.32 Å². The molecule has 1 N–H and O–H groups in total. The number of benzene rings is 1. The van der Waals surface area contributed by atoms with Crippen LogP contribution in [-0.4, -0.2) is 6.54 Å². The molecule has 0 fully saturated rings. The minimum atomic E-state index is -0.524. The molecule has 0 aliphatic heterocycles. The molecule has 1 atom stereocenters. The first-order chi connectivity index (χ1) is 8.25. The molecule has 0 amide bonds. The van der Waals surface area contributed by atoms with E-state index in [1.54, 1.807) is 0 Å². The molecular formula is C14H17F2N. The largest absolute Gasteiger partial charge is 0.312 e. The van der Waals surface area contributed by atoms with Gasteiger partial charge in [-0.2, -0.15) is 0 Å². The van der Waals surface area contributed by atoms with Gasteiger partial charge in [-0.1, -0.05) is 18.2 Å². The van der Waals surface area contributed by atoms with Gasteiger partial charge in [0.05, 0.1) is 0 Å². The average Bonchev–Trinajstić information content (AvgIpc) is 2.33. The molecule has 0 heterocycles. The van der Waals surface area contributed by atoms with Gasteiger partial charge in [0, 0.05) is 18.2 Å². The number of hydrogen-bond donors (Lipinski definition) is 1. The Morgan fingerprint density at radius 1 is 1.24 bits per heavy atom. The Bertz CT molecular complexity index is 401. The lowest BCUT2D eigenvalue weighted by atomic mass is 9.94. The van der Waals surface area contributed by atoms with Gasteiger partial charge in [0.15, 0.2) is 0 Å². The predicted octanol–water partition coefficient (Wildman–Crippen LogP) is 3.41. The fraction of sp³-hybridized carbons (Fsp3) is 0.429. The molecule has 0 bridgehead atoms. The van der Waals surface area contributed by atoms with E-state index in [0.717, 1.165) is 25.5 Å². The summed E-state index contributed by atoms with van der Waals surface area (Å²) >= 11 is 0. The van der Waals surface area contributed by atoms with Gasteiger partial charge in [0.25, 0.3) is 0 Å². The lowest BCUT2D eigenvalue weighted by Crippen LogP contribution is -2.23. The third kappa shape index (κ3) is 3.63. The number of hydrogen-bond acceptors (Lipinski definition) is 1. The first-order valence-corrected chi connectivity index (χ1v) is 6.05. The summed E-state index contributed by atoms with van der Waals surface area (Å²) in [4.78, 5) is 0. The predicted molar refractivity (Wildman–Crippen MR) is 64.5 cm³/mol. The molecule has 0 aromatic heterocycles. The fourth-order valence-corrected chi connectivity index (χ4v) is 2.12. The SMILES string of the molecule is Fc1ccc(CNCC2CC=CCC2)c(F)c1. The molecule has 17 heavy (non-hydrogen) atoms. The van der Waals surface area contributed by atoms with Crippen LogP contribution in [0.2, 0.25) is 0 Å². The highest BCUT2D eigenvalue weighted by atomic mass is 19.1. The van der Waals surface area contributed by atoms with Gasteiger partial charge >= 0.3 is 0 Å². The van der Waals surface area contributed by atoms with Crippen molar-refractivity contribution in [1.29, 1.82) is 0 Å². The Hall–Kier alpha value is -1.22. The first-order valence-electron chi connectivity index (χ1n) is 6.05. The van der Waals surface area contributed by atoms with Crippen LogP contribution in [0.5, 0.6) is 0 Å². The highest BCUT2D eigenvalue weighted by Crippen LogP contribution is 2.17. The molecule has 0 saturated carbocycles. The van der Waals surface area contributed by atoms with Crippen molar-refractivity contribution in [3.63, 3.8) is 0 Å². The number of nitrogens with one attached hydrogen (secondary N) is 1. The van der Waals surface area contributed by atoms with Crippen molar-refractivity contribution >= 4 is 0 Å². The zero-order valence-electron chi connectivity index (χ0n) is 9.76. The number of rotatable bonds is 4. The van der Waals surface area contributed by atoms with Crippen molar-refractivity contribution in [3.05, 3.63) is 47.5 Å². The Labute approximate surface area is 101 Å². The Morgan fingerprint density at radius 3 is 2.82 bits per heavy atom. The molecule has 1 aliphatic carbocycles. The topological polar surface area (TPSA) is 12.0 Å². The zero-order valence-corrected chi connectivity index (χ0v) is 9.76. The van der Waals surface area contributed by atoms with Gasteiger partial charge in [-0.25, -0.2) is 8.78 Å². The van der Waals surface area contributed by atoms with E-state index in [1.165, 1.54) is 18.6 Å². The van der Waals surface area contributed by atoms with Gasteiger partial charge in [0.1, 0.15) is 11.6 Å². The fourth-order valence-electron chi connectivity index (χ4n) is 2.12. The van der Waals surface area contributed by atoms with E-state index in [-0.39, 0.29) is 0 Å². The minimum Gasteiger partial charge on any atom is -0.312 e. The van der Waals surface area contributed by atoms with Crippen LogP contribution in [0, 0.1) is 17.6 Å². The molecule has 1 aromatic carbocycles. The summed E-state index contributed by atoms with van der Waals surface area (Å²) in [6.45, 7) is 1.35. The quantitative estimate of drug-likeness (QED) is 0.791. The molecule has 0 radical (unpaired) electrons. The third-order valence-electron chi connectivity index (χ3n) is 3.14. The van der Waals surface area contributed by atoms with Crippen LogP contribution in [-0.2, 0) is 6.54 Å². The van der Waals surface area contributed by atoms with E-state index in [2.05, 4.69) is 17.5 Å². The van der Waals surface area contributed by atoms with Crippen LogP contribution >= 0.6 is 0 Å². The molecular weight excluding hydrogens is 220 g/mol. The van der Waals surface area contributed by atoms with Crippen molar-refractivity contribution < 1.29 is 8.78 Å². The molecule has 1 aromatic rings. The summed E-state index contributed by atoms with van der Waals surface area (Å²) < 4.78 is 26.0. The smallest absolute Gasteiger partial charge is 0.130 e. The van der Waals surface area contributed by atoms with Crippen molar-refractivity contribution in [2.75, 3.05) is 6.54 Å². The van der Waals surface area contributed by atoms with Crippen LogP contribution in [0.15, 0.2) is 30.4 Å². The van der Waals surface area contributed by atoms with Gasteiger partial charge in [0.2, 0.25) is 0 Å². The lowest BCUT2D eigenvalue weighted by molar-refractivity contribution is 0.437. The summed E-state index contributed by atoms with van der Waals surface area (Å²) in [7, 11) is 0. The second kappa shape index (κ2) is 5.92. The van der Waals surface area contributed by atoms with Crippen LogP contribution in [0.4, 0.5) is 8.78 Å². The maximum atomic E-state index is 13.3. The molecule has 0 spiro atoms. The summed E-state index contributed by atoms with van der Waals surface area (Å²) in [6.07, 6.45) is 7.83. The van der Waals surface area contributed by atoms with E-state index in [4.69, 9.17) is 0 Å². The summed E-state index contributed by atoms with van der Waals surface area (Å²) in [6, 6.07) is 3.72. The Morgan fingerprint density at radius 2 is 2.12 bits per heavy atom. The normalized spacial score (nSPS) is 19.5. The highest BCUT2D eigenvalue weighted by Gasteiger charge is 2.09. The number of allylic oxidation sites excluding steroid dienone is 2. The molecule has 1 unspecified atom stereocenters. The van der Waals surface area contributed by atoms with Crippen LogP contribution in [0.25, 0.3) is 0 Å². The van der Waals surface area contributed by atoms with E-state index >= 15 is 0 Å². The van der Waals surface area contributed by atoms with Crippen molar-refractivity contribution in [2.45, 2.75) is 25.8 Å². The standard InChI is InChI=1S/C14H17F2N/c15-13-7-6-12(14(16)8-13)10-17-9-11-4-2-1-3-5-11/h1-2,6-8,11,17H,3-5,9-10H2. The van der Waals surface area contributed by atoms with Crippen LogP contribution in [0.3, 0.4) is 0 Å². The van der Waals surface area contributed by atoms with Gasteiger partial charge in [-0.3, -0.25) is 0 Å². The molecule has 92 valence electrons. The molecule has 1 aliphatic rings. The summed E-state index contributed by atoms with van der Waals surface area (Å²) in [5.74, 6) is -0.354. The molecule has 2 rings (SSSR count). The minimum absolute atomic E-state index is 0.465. The van der Waals surface area contributed by atoms with Crippen molar-refractivity contribution in [3.8, 4) is 0 Å². The van der Waals surface area contributed by atoms with Crippen molar-refractivity contribution in [2.24, 2.45) is 5.92 Å². The first kappa shape index (κ1) is 12.2. The average molecular weight is 237 g/mol. The second-order valence-corrected chi connectivity index (χ2v) is 4.52. The Kier molecular flexibility index (Phi) is 4.26. The highest BCUT2D eigenvalue weighted by molar-refractivity contribution is 5.18. The summed E-state index contributed by atoms with van der Waals surface area (Å²) in [5, 5.41) is 3.24. The maximum absolute atomic E-state index is 13.3. The van der Waals surface area contributed by atoms with E-state index < -0.39 is 11.6 Å².